The summed E-state index contributed by atoms with van der Waals surface area (Å²) in [5.74, 6) is 0.673. The van der Waals surface area contributed by atoms with Crippen molar-refractivity contribution in [3.05, 3.63) is 16.1 Å². The van der Waals surface area contributed by atoms with Crippen molar-refractivity contribution >= 4 is 40.8 Å². The molecule has 1 rings (SSSR count). The maximum atomic E-state index is 6.06. The van der Waals surface area contributed by atoms with Crippen molar-refractivity contribution < 1.29 is 0 Å². The third-order valence-corrected chi connectivity index (χ3v) is 3.98. The molecule has 1 aromatic rings. The maximum absolute atomic E-state index is 6.06. The largest absolute Gasteiger partial charge is 0.372 e. The first-order valence-corrected chi connectivity index (χ1v) is 6.42. The molecule has 0 aromatic carbocycles. The normalized spacial score (nSPS) is 12.6. The monoisotopic (exact) mass is 264 g/mol. The zero-order valence-electron chi connectivity index (χ0n) is 8.97. The molecule has 84 valence electrons. The van der Waals surface area contributed by atoms with E-state index < -0.39 is 0 Å². The lowest BCUT2D eigenvalue weighted by atomic mass is 10.4. The minimum atomic E-state index is 0.501. The lowest BCUT2D eigenvalue weighted by Crippen LogP contribution is -1.98. The Morgan fingerprint density at radius 1 is 1.47 bits per heavy atom. The van der Waals surface area contributed by atoms with Crippen molar-refractivity contribution in [2.45, 2.75) is 30.5 Å². The Labute approximate surface area is 105 Å². The van der Waals surface area contributed by atoms with Gasteiger partial charge < -0.3 is 5.32 Å². The van der Waals surface area contributed by atoms with Crippen LogP contribution < -0.4 is 5.32 Å². The number of rotatable bonds is 4. The summed E-state index contributed by atoms with van der Waals surface area (Å²) in [7, 11) is 1.79. The van der Waals surface area contributed by atoms with Gasteiger partial charge in [0.15, 0.2) is 0 Å². The molecule has 1 heterocycles. The molecule has 1 N–H and O–H groups in total. The van der Waals surface area contributed by atoms with Gasteiger partial charge in [0.2, 0.25) is 0 Å². The van der Waals surface area contributed by atoms with Crippen LogP contribution in [-0.4, -0.2) is 17.3 Å². The second-order valence-electron chi connectivity index (χ2n) is 3.19. The second-order valence-corrected chi connectivity index (χ2v) is 5.43. The van der Waals surface area contributed by atoms with Crippen LogP contribution in [0.4, 0.5) is 5.82 Å². The summed E-state index contributed by atoms with van der Waals surface area (Å²) in [5.41, 5.74) is 0. The molecule has 0 fully saturated rings. The standard InChI is InChI=1S/C10H14Cl2N2S/c1-4-6(2)15-10-8(12)5-7(11)9(13-3)14-10/h5-6H,4H2,1-3H3,(H,13,14). The number of halogens is 2. The molecule has 0 radical (unpaired) electrons. The first kappa shape index (κ1) is 12.9. The van der Waals surface area contributed by atoms with E-state index in [0.717, 1.165) is 11.4 Å². The number of pyridine rings is 1. The summed E-state index contributed by atoms with van der Waals surface area (Å²) in [6.45, 7) is 4.29. The molecule has 0 aliphatic carbocycles. The SMILES string of the molecule is CCC(C)Sc1nc(NC)c(Cl)cc1Cl. The minimum Gasteiger partial charge on any atom is -0.372 e. The lowest BCUT2D eigenvalue weighted by molar-refractivity contribution is 0.901. The van der Waals surface area contributed by atoms with Crippen molar-refractivity contribution in [2.75, 3.05) is 12.4 Å². The van der Waals surface area contributed by atoms with Crippen molar-refractivity contribution in [3.63, 3.8) is 0 Å². The number of nitrogens with zero attached hydrogens (tertiary/aromatic N) is 1. The predicted octanol–water partition coefficient (Wildman–Crippen LogP) is 4.32. The Hall–Kier alpha value is -0.120. The van der Waals surface area contributed by atoms with Crippen LogP contribution in [-0.2, 0) is 0 Å². The number of hydrogen-bond acceptors (Lipinski definition) is 3. The molecule has 1 atom stereocenters. The Morgan fingerprint density at radius 2 is 2.13 bits per heavy atom. The van der Waals surface area contributed by atoms with Gasteiger partial charge in [0.05, 0.1) is 10.0 Å². The third kappa shape index (κ3) is 3.44. The number of aromatic nitrogens is 1. The first-order chi connectivity index (χ1) is 7.08. The predicted molar refractivity (Wildman–Crippen MR) is 69.4 cm³/mol. The molecule has 15 heavy (non-hydrogen) atoms. The maximum Gasteiger partial charge on any atom is 0.145 e. The average molecular weight is 265 g/mol. The molecule has 0 aliphatic rings. The molecule has 0 amide bonds. The molecular weight excluding hydrogens is 251 g/mol. The van der Waals surface area contributed by atoms with Crippen molar-refractivity contribution in [1.29, 1.82) is 0 Å². The average Bonchev–Trinajstić information content (AvgIpc) is 2.21. The molecular formula is C10H14Cl2N2S. The number of anilines is 1. The molecule has 0 aliphatic heterocycles. The number of hydrogen-bond donors (Lipinski definition) is 1. The van der Waals surface area contributed by atoms with Crippen LogP contribution in [0.1, 0.15) is 20.3 Å². The molecule has 0 saturated carbocycles. The van der Waals surface area contributed by atoms with Crippen LogP contribution in [0.25, 0.3) is 0 Å². The summed E-state index contributed by atoms with van der Waals surface area (Å²) in [4.78, 5) is 4.37. The highest BCUT2D eigenvalue weighted by atomic mass is 35.5. The zero-order chi connectivity index (χ0) is 11.4. The van der Waals surface area contributed by atoms with Crippen molar-refractivity contribution in [2.24, 2.45) is 0 Å². The van der Waals surface area contributed by atoms with Crippen molar-refractivity contribution in [3.8, 4) is 0 Å². The minimum absolute atomic E-state index is 0.501. The fourth-order valence-electron chi connectivity index (χ4n) is 0.982. The highest BCUT2D eigenvalue weighted by Gasteiger charge is 2.11. The Balaban J connectivity index is 2.97. The smallest absolute Gasteiger partial charge is 0.145 e. The Morgan fingerprint density at radius 3 is 2.67 bits per heavy atom. The van der Waals surface area contributed by atoms with E-state index in [0.29, 0.717) is 21.1 Å². The number of nitrogens with one attached hydrogen (secondary N) is 1. The summed E-state index contributed by atoms with van der Waals surface area (Å²) in [5, 5.41) is 5.44. The lowest BCUT2D eigenvalue weighted by Gasteiger charge is -2.11. The molecule has 1 unspecified atom stereocenters. The Kier molecular flexibility index (Phi) is 5.03. The summed E-state index contributed by atoms with van der Waals surface area (Å²) < 4.78 is 0. The van der Waals surface area contributed by atoms with Gasteiger partial charge in [0.25, 0.3) is 0 Å². The van der Waals surface area contributed by atoms with Crippen LogP contribution in [0.15, 0.2) is 11.1 Å². The van der Waals surface area contributed by atoms with Gasteiger partial charge in [-0.1, -0.05) is 37.0 Å². The molecule has 0 spiro atoms. The van der Waals surface area contributed by atoms with Gasteiger partial charge in [-0.2, -0.15) is 0 Å². The van der Waals surface area contributed by atoms with Gasteiger partial charge in [0, 0.05) is 12.3 Å². The van der Waals surface area contributed by atoms with Crippen molar-refractivity contribution in [1.82, 2.24) is 4.98 Å². The van der Waals surface area contributed by atoms with Gasteiger partial charge in [0.1, 0.15) is 10.8 Å². The van der Waals surface area contributed by atoms with Crippen LogP contribution in [0.2, 0.25) is 10.0 Å². The quantitative estimate of drug-likeness (QED) is 0.820. The van der Waals surface area contributed by atoms with E-state index in [4.69, 9.17) is 23.2 Å². The van der Waals surface area contributed by atoms with Gasteiger partial charge in [-0.3, -0.25) is 0 Å². The number of thioether (sulfide) groups is 1. The van der Waals surface area contributed by atoms with E-state index in [1.54, 1.807) is 24.9 Å². The zero-order valence-corrected chi connectivity index (χ0v) is 11.3. The fraction of sp³-hybridized carbons (Fsp3) is 0.500. The highest BCUT2D eigenvalue weighted by Crippen LogP contribution is 2.34. The van der Waals surface area contributed by atoms with Gasteiger partial charge in [-0.05, 0) is 12.5 Å². The van der Waals surface area contributed by atoms with E-state index in [-0.39, 0.29) is 0 Å². The topological polar surface area (TPSA) is 24.9 Å². The third-order valence-electron chi connectivity index (χ3n) is 2.02. The van der Waals surface area contributed by atoms with Gasteiger partial charge in [-0.15, -0.1) is 11.8 Å². The van der Waals surface area contributed by atoms with Crippen LogP contribution in [0.3, 0.4) is 0 Å². The van der Waals surface area contributed by atoms with E-state index in [1.165, 1.54) is 0 Å². The fourth-order valence-corrected chi connectivity index (χ4v) is 2.43. The molecule has 0 saturated heterocycles. The van der Waals surface area contributed by atoms with E-state index in [9.17, 15) is 0 Å². The first-order valence-electron chi connectivity index (χ1n) is 4.79. The molecule has 2 nitrogen and oxygen atoms in total. The van der Waals surface area contributed by atoms with E-state index in [1.807, 2.05) is 0 Å². The highest BCUT2D eigenvalue weighted by molar-refractivity contribution is 7.99. The van der Waals surface area contributed by atoms with Gasteiger partial charge >= 0.3 is 0 Å². The molecule has 1 aromatic heterocycles. The summed E-state index contributed by atoms with van der Waals surface area (Å²) >= 11 is 13.7. The van der Waals surface area contributed by atoms with Crippen LogP contribution in [0, 0.1) is 0 Å². The van der Waals surface area contributed by atoms with E-state index >= 15 is 0 Å². The van der Waals surface area contributed by atoms with Gasteiger partial charge in [-0.25, -0.2) is 4.98 Å². The second kappa shape index (κ2) is 5.83. The van der Waals surface area contributed by atoms with Crippen LogP contribution >= 0.6 is 35.0 Å². The molecule has 5 heteroatoms. The van der Waals surface area contributed by atoms with Crippen LogP contribution in [0.5, 0.6) is 0 Å². The Bertz CT molecular complexity index is 344. The molecule has 0 bridgehead atoms. The van der Waals surface area contributed by atoms with E-state index in [2.05, 4.69) is 24.1 Å². The summed E-state index contributed by atoms with van der Waals surface area (Å²) in [6, 6.07) is 1.73. The summed E-state index contributed by atoms with van der Waals surface area (Å²) in [6.07, 6.45) is 1.08.